The van der Waals surface area contributed by atoms with Crippen molar-refractivity contribution in [2.45, 2.75) is 39.0 Å². The van der Waals surface area contributed by atoms with Crippen molar-refractivity contribution < 1.29 is 19.5 Å². The minimum atomic E-state index is -0.770. The highest BCUT2D eigenvalue weighted by atomic mass is 16.4. The lowest BCUT2D eigenvalue weighted by molar-refractivity contribution is -0.152. The molecule has 20 heavy (non-hydrogen) atoms. The number of nitrogens with two attached hydrogens (primary N) is 1. The summed E-state index contributed by atoms with van der Waals surface area (Å²) in [5.41, 5.74) is 4.29. The summed E-state index contributed by atoms with van der Waals surface area (Å²) in [6, 6.07) is -0.262. The average Bonchev–Trinajstić information content (AvgIpc) is 2.39. The van der Waals surface area contributed by atoms with Gasteiger partial charge in [0.05, 0.1) is 5.41 Å². The van der Waals surface area contributed by atoms with Gasteiger partial charge < -0.3 is 21.1 Å². The van der Waals surface area contributed by atoms with Crippen LogP contribution in [0.4, 0.5) is 4.79 Å². The smallest absolute Gasteiger partial charge is 0.317 e. The summed E-state index contributed by atoms with van der Waals surface area (Å²) in [6.45, 7) is 3.03. The van der Waals surface area contributed by atoms with Crippen LogP contribution in [0.25, 0.3) is 0 Å². The monoisotopic (exact) mass is 285 g/mol. The normalized spacial score (nSPS) is 17.6. The standard InChI is InChI=1S/C13H23N3O4/c1-2-4-13(11(18)19)5-8-16(9-6-13)12(20)15-7-3-10(14)17/h2-9H2,1H3,(H2,14,17)(H,15,20)(H,18,19). The highest BCUT2D eigenvalue weighted by molar-refractivity contribution is 5.78. The fraction of sp³-hybridized carbons (Fsp3) is 0.769. The third-order valence-corrected chi connectivity index (χ3v) is 3.84. The minimum Gasteiger partial charge on any atom is -0.481 e. The number of nitrogens with one attached hydrogen (secondary N) is 1. The molecule has 0 aromatic rings. The molecule has 0 aromatic heterocycles. The number of urea groups is 1. The molecule has 0 aromatic carbocycles. The Labute approximate surface area is 118 Å². The molecule has 7 heteroatoms. The molecule has 1 rings (SSSR count). The first kappa shape index (κ1) is 16.3. The second-order valence-corrected chi connectivity index (χ2v) is 5.27. The van der Waals surface area contributed by atoms with Crippen LogP contribution in [0.5, 0.6) is 0 Å². The summed E-state index contributed by atoms with van der Waals surface area (Å²) in [5.74, 6) is -1.23. The van der Waals surface area contributed by atoms with Gasteiger partial charge in [0.15, 0.2) is 0 Å². The van der Waals surface area contributed by atoms with Crippen LogP contribution in [-0.2, 0) is 9.59 Å². The summed E-state index contributed by atoms with van der Waals surface area (Å²) in [5, 5.41) is 12.0. The van der Waals surface area contributed by atoms with Crippen LogP contribution < -0.4 is 11.1 Å². The molecule has 1 saturated heterocycles. The minimum absolute atomic E-state index is 0.106. The molecule has 0 unspecified atom stereocenters. The fourth-order valence-electron chi connectivity index (χ4n) is 2.59. The zero-order valence-electron chi connectivity index (χ0n) is 11.9. The average molecular weight is 285 g/mol. The highest BCUT2D eigenvalue weighted by Crippen LogP contribution is 2.36. The second kappa shape index (κ2) is 7.12. The number of carboxylic acids is 1. The number of hydrogen-bond donors (Lipinski definition) is 3. The number of carbonyl (C=O) groups excluding carboxylic acids is 2. The molecular weight excluding hydrogens is 262 g/mol. The molecule has 0 saturated carbocycles. The van der Waals surface area contributed by atoms with Crippen molar-refractivity contribution in [3.63, 3.8) is 0 Å². The number of primary amides is 1. The SMILES string of the molecule is CCCC1(C(=O)O)CCN(C(=O)NCCC(N)=O)CC1. The topological polar surface area (TPSA) is 113 Å². The van der Waals surface area contributed by atoms with Gasteiger partial charge in [0.25, 0.3) is 0 Å². The van der Waals surface area contributed by atoms with E-state index in [9.17, 15) is 19.5 Å². The molecule has 0 atom stereocenters. The maximum absolute atomic E-state index is 11.8. The summed E-state index contributed by atoms with van der Waals surface area (Å²) in [7, 11) is 0. The Morgan fingerprint density at radius 1 is 1.30 bits per heavy atom. The Hall–Kier alpha value is -1.79. The number of carbonyl (C=O) groups is 3. The number of amides is 3. The molecule has 0 radical (unpaired) electrons. The van der Waals surface area contributed by atoms with Crippen LogP contribution in [0.2, 0.25) is 0 Å². The van der Waals surface area contributed by atoms with Gasteiger partial charge in [-0.2, -0.15) is 0 Å². The zero-order chi connectivity index (χ0) is 15.2. The number of rotatable bonds is 6. The van der Waals surface area contributed by atoms with Gasteiger partial charge in [-0.3, -0.25) is 9.59 Å². The van der Waals surface area contributed by atoms with Gasteiger partial charge >= 0.3 is 12.0 Å². The van der Waals surface area contributed by atoms with Gasteiger partial charge in [0.2, 0.25) is 5.91 Å². The van der Waals surface area contributed by atoms with Gasteiger partial charge in [0.1, 0.15) is 0 Å². The Morgan fingerprint density at radius 2 is 1.90 bits per heavy atom. The molecular formula is C13H23N3O4. The van der Waals surface area contributed by atoms with E-state index < -0.39 is 17.3 Å². The molecule has 1 aliphatic rings. The van der Waals surface area contributed by atoms with Crippen LogP contribution in [0.15, 0.2) is 0 Å². The van der Waals surface area contributed by atoms with Crippen LogP contribution >= 0.6 is 0 Å². The van der Waals surface area contributed by atoms with Crippen LogP contribution in [0, 0.1) is 5.41 Å². The molecule has 114 valence electrons. The lowest BCUT2D eigenvalue weighted by Crippen LogP contribution is -2.49. The number of carboxylic acid groups (broad SMARTS) is 1. The molecule has 0 aliphatic carbocycles. The van der Waals surface area contributed by atoms with Gasteiger partial charge in [-0.15, -0.1) is 0 Å². The van der Waals surface area contributed by atoms with Crippen molar-refractivity contribution in [1.82, 2.24) is 10.2 Å². The van der Waals surface area contributed by atoms with Gasteiger partial charge in [-0.25, -0.2) is 4.79 Å². The van der Waals surface area contributed by atoms with Gasteiger partial charge in [-0.05, 0) is 19.3 Å². The first-order chi connectivity index (χ1) is 9.41. The number of hydrogen-bond acceptors (Lipinski definition) is 3. The zero-order valence-corrected chi connectivity index (χ0v) is 11.9. The van der Waals surface area contributed by atoms with Crippen molar-refractivity contribution in [3.8, 4) is 0 Å². The summed E-state index contributed by atoms with van der Waals surface area (Å²) in [6.07, 6.45) is 2.50. The fourth-order valence-corrected chi connectivity index (χ4v) is 2.59. The van der Waals surface area contributed by atoms with E-state index in [4.69, 9.17) is 5.73 Å². The summed E-state index contributed by atoms with van der Waals surface area (Å²) < 4.78 is 0. The van der Waals surface area contributed by atoms with Gasteiger partial charge in [0, 0.05) is 26.1 Å². The van der Waals surface area contributed by atoms with Gasteiger partial charge in [-0.1, -0.05) is 13.3 Å². The molecule has 1 heterocycles. The van der Waals surface area contributed by atoms with E-state index in [-0.39, 0.29) is 19.0 Å². The molecule has 0 spiro atoms. The lowest BCUT2D eigenvalue weighted by Gasteiger charge is -2.38. The summed E-state index contributed by atoms with van der Waals surface area (Å²) in [4.78, 5) is 35.4. The third kappa shape index (κ3) is 4.11. The molecule has 7 nitrogen and oxygen atoms in total. The van der Waals surface area contributed by atoms with E-state index in [1.807, 2.05) is 6.92 Å². The van der Waals surface area contributed by atoms with Crippen LogP contribution in [-0.4, -0.2) is 47.5 Å². The number of nitrogens with zero attached hydrogens (tertiary/aromatic N) is 1. The third-order valence-electron chi connectivity index (χ3n) is 3.84. The molecule has 1 aliphatic heterocycles. The van der Waals surface area contributed by atoms with Crippen molar-refractivity contribution in [1.29, 1.82) is 0 Å². The van der Waals surface area contributed by atoms with E-state index >= 15 is 0 Å². The summed E-state index contributed by atoms with van der Waals surface area (Å²) >= 11 is 0. The van der Waals surface area contributed by atoms with Crippen molar-refractivity contribution in [2.24, 2.45) is 11.1 Å². The first-order valence-electron chi connectivity index (χ1n) is 6.96. The van der Waals surface area contributed by atoms with E-state index in [2.05, 4.69) is 5.32 Å². The Kier molecular flexibility index (Phi) is 5.79. The second-order valence-electron chi connectivity index (χ2n) is 5.27. The predicted octanol–water partition coefficient (Wildman–Crippen LogP) is 0.538. The molecule has 0 bridgehead atoms. The maximum atomic E-state index is 11.8. The maximum Gasteiger partial charge on any atom is 0.317 e. The largest absolute Gasteiger partial charge is 0.481 e. The van der Waals surface area contributed by atoms with Crippen molar-refractivity contribution in [2.75, 3.05) is 19.6 Å². The van der Waals surface area contributed by atoms with Crippen molar-refractivity contribution in [3.05, 3.63) is 0 Å². The number of aliphatic carboxylic acids is 1. The van der Waals surface area contributed by atoms with E-state index in [1.165, 1.54) is 0 Å². The van der Waals surface area contributed by atoms with Crippen LogP contribution in [0.1, 0.15) is 39.0 Å². The molecule has 1 fully saturated rings. The highest BCUT2D eigenvalue weighted by Gasteiger charge is 2.41. The quantitative estimate of drug-likeness (QED) is 0.661. The van der Waals surface area contributed by atoms with E-state index in [0.29, 0.717) is 32.4 Å². The van der Waals surface area contributed by atoms with Crippen LogP contribution in [0.3, 0.4) is 0 Å². The Morgan fingerprint density at radius 3 is 2.35 bits per heavy atom. The van der Waals surface area contributed by atoms with E-state index in [0.717, 1.165) is 6.42 Å². The number of piperidine rings is 1. The van der Waals surface area contributed by atoms with E-state index in [1.54, 1.807) is 4.90 Å². The van der Waals surface area contributed by atoms with Crippen molar-refractivity contribution >= 4 is 17.9 Å². The lowest BCUT2D eigenvalue weighted by atomic mass is 9.75. The first-order valence-corrected chi connectivity index (χ1v) is 6.96. The number of likely N-dealkylation sites (tertiary alicyclic amines) is 1. The predicted molar refractivity (Wildman–Crippen MR) is 73.0 cm³/mol. The Bertz CT molecular complexity index is 376. The molecule has 4 N–H and O–H groups in total. The Balaban J connectivity index is 2.46. The molecule has 3 amide bonds.